The monoisotopic (exact) mass is 297 g/mol. The van der Waals surface area contributed by atoms with Gasteiger partial charge in [-0.15, -0.1) is 0 Å². The molecule has 2 heteroatoms. The van der Waals surface area contributed by atoms with E-state index in [0.717, 1.165) is 4.47 Å². The molecule has 0 saturated heterocycles. The lowest BCUT2D eigenvalue weighted by molar-refractivity contribution is 0.594. The number of hydrogen-bond acceptors (Lipinski definition) is 1. The Morgan fingerprint density at radius 2 is 2.00 bits per heavy atom. The zero-order valence-electron chi connectivity index (χ0n) is 11.2. The average Bonchev–Trinajstić information content (AvgIpc) is 2.29. The van der Waals surface area contributed by atoms with E-state index < -0.39 is 0 Å². The number of benzene rings is 1. The van der Waals surface area contributed by atoms with Gasteiger partial charge in [0, 0.05) is 16.2 Å². The second-order valence-corrected chi connectivity index (χ2v) is 5.77. The summed E-state index contributed by atoms with van der Waals surface area (Å²) >= 11 is 3.52. The molecule has 0 bridgehead atoms. The van der Waals surface area contributed by atoms with Crippen LogP contribution in [0.25, 0.3) is 0 Å². The average molecular weight is 298 g/mol. The minimum atomic E-state index is 0.555. The van der Waals surface area contributed by atoms with E-state index in [4.69, 9.17) is 0 Å². The van der Waals surface area contributed by atoms with Crippen molar-refractivity contribution in [2.24, 2.45) is 0 Å². The highest BCUT2D eigenvalue weighted by Gasteiger charge is 2.04. The third-order valence-electron chi connectivity index (χ3n) is 3.09. The topological polar surface area (TPSA) is 12.0 Å². The maximum absolute atomic E-state index is 3.60. The van der Waals surface area contributed by atoms with Gasteiger partial charge in [-0.05, 0) is 38.0 Å². The number of aryl methyl sites for hydroxylation is 1. The highest BCUT2D eigenvalue weighted by atomic mass is 79.9. The number of unbranched alkanes of at least 4 members (excludes halogenated alkanes) is 3. The first-order valence-corrected chi connectivity index (χ1v) is 7.45. The molecule has 0 spiro atoms. The van der Waals surface area contributed by atoms with Crippen LogP contribution in [0.1, 0.15) is 51.5 Å². The first-order valence-electron chi connectivity index (χ1n) is 6.66. The SMILES string of the molecule is CCCCCCC(C)Nc1cc(Br)ccc1C. The quantitative estimate of drug-likeness (QED) is 0.653. The summed E-state index contributed by atoms with van der Waals surface area (Å²) < 4.78 is 1.14. The van der Waals surface area contributed by atoms with E-state index in [1.165, 1.54) is 43.4 Å². The normalized spacial score (nSPS) is 12.5. The van der Waals surface area contributed by atoms with Crippen LogP contribution in [-0.2, 0) is 0 Å². The molecule has 17 heavy (non-hydrogen) atoms. The molecule has 1 nitrogen and oxygen atoms in total. The van der Waals surface area contributed by atoms with E-state index in [2.05, 4.69) is 60.2 Å². The van der Waals surface area contributed by atoms with Crippen LogP contribution in [0.2, 0.25) is 0 Å². The smallest absolute Gasteiger partial charge is 0.0383 e. The Labute approximate surface area is 114 Å². The maximum Gasteiger partial charge on any atom is 0.0383 e. The Morgan fingerprint density at radius 3 is 2.71 bits per heavy atom. The molecule has 0 fully saturated rings. The Balaban J connectivity index is 2.39. The van der Waals surface area contributed by atoms with Gasteiger partial charge in [-0.25, -0.2) is 0 Å². The van der Waals surface area contributed by atoms with Crippen LogP contribution >= 0.6 is 15.9 Å². The highest BCUT2D eigenvalue weighted by molar-refractivity contribution is 9.10. The molecule has 0 aliphatic rings. The molecule has 0 aromatic heterocycles. The van der Waals surface area contributed by atoms with Crippen molar-refractivity contribution in [3.8, 4) is 0 Å². The summed E-state index contributed by atoms with van der Waals surface area (Å²) in [5, 5.41) is 3.60. The lowest BCUT2D eigenvalue weighted by Crippen LogP contribution is -2.15. The predicted octanol–water partition coefficient (Wildman–Crippen LogP) is 5.53. The third kappa shape index (κ3) is 5.58. The molecule has 1 atom stereocenters. The maximum atomic E-state index is 3.60. The van der Waals surface area contributed by atoms with Gasteiger partial charge in [-0.1, -0.05) is 54.6 Å². The first kappa shape index (κ1) is 14.6. The van der Waals surface area contributed by atoms with Crippen molar-refractivity contribution in [3.63, 3.8) is 0 Å². The molecule has 1 N–H and O–H groups in total. The number of anilines is 1. The Kier molecular flexibility index (Phi) is 6.64. The van der Waals surface area contributed by atoms with E-state index in [9.17, 15) is 0 Å². The van der Waals surface area contributed by atoms with Gasteiger partial charge in [0.05, 0.1) is 0 Å². The zero-order valence-corrected chi connectivity index (χ0v) is 12.8. The second-order valence-electron chi connectivity index (χ2n) is 4.85. The summed E-state index contributed by atoms with van der Waals surface area (Å²) in [6, 6.07) is 6.96. The number of nitrogens with one attached hydrogen (secondary N) is 1. The van der Waals surface area contributed by atoms with Crippen molar-refractivity contribution in [2.75, 3.05) is 5.32 Å². The number of rotatable bonds is 7. The van der Waals surface area contributed by atoms with E-state index >= 15 is 0 Å². The Bertz CT molecular complexity index is 336. The van der Waals surface area contributed by atoms with Gasteiger partial charge in [0.25, 0.3) is 0 Å². The molecule has 0 saturated carbocycles. The van der Waals surface area contributed by atoms with Crippen molar-refractivity contribution < 1.29 is 0 Å². The van der Waals surface area contributed by atoms with Crippen LogP contribution in [-0.4, -0.2) is 6.04 Å². The molecule has 1 aromatic rings. The van der Waals surface area contributed by atoms with Crippen molar-refractivity contribution in [1.29, 1.82) is 0 Å². The molecular weight excluding hydrogens is 274 g/mol. The summed E-state index contributed by atoms with van der Waals surface area (Å²) in [5.41, 5.74) is 2.57. The van der Waals surface area contributed by atoms with Crippen molar-refractivity contribution in [3.05, 3.63) is 28.2 Å². The van der Waals surface area contributed by atoms with Crippen LogP contribution in [0.3, 0.4) is 0 Å². The fraction of sp³-hybridized carbons (Fsp3) is 0.600. The molecule has 0 radical (unpaired) electrons. The van der Waals surface area contributed by atoms with E-state index in [1.807, 2.05) is 0 Å². The van der Waals surface area contributed by atoms with E-state index in [1.54, 1.807) is 0 Å². The molecule has 0 aliphatic carbocycles. The molecule has 96 valence electrons. The predicted molar refractivity (Wildman–Crippen MR) is 80.7 cm³/mol. The standard InChI is InChI=1S/C15H24BrN/c1-4-5-6-7-8-13(3)17-15-11-14(16)10-9-12(15)2/h9-11,13,17H,4-8H2,1-3H3. The van der Waals surface area contributed by atoms with Crippen LogP contribution in [0, 0.1) is 6.92 Å². The van der Waals surface area contributed by atoms with E-state index in [0.29, 0.717) is 6.04 Å². The van der Waals surface area contributed by atoms with E-state index in [-0.39, 0.29) is 0 Å². The molecule has 1 rings (SSSR count). The lowest BCUT2D eigenvalue weighted by Gasteiger charge is -2.17. The van der Waals surface area contributed by atoms with Gasteiger partial charge in [-0.2, -0.15) is 0 Å². The van der Waals surface area contributed by atoms with Gasteiger partial charge < -0.3 is 5.32 Å². The van der Waals surface area contributed by atoms with Crippen LogP contribution < -0.4 is 5.32 Å². The molecule has 0 heterocycles. The molecular formula is C15H24BrN. The van der Waals surface area contributed by atoms with Gasteiger partial charge in [-0.3, -0.25) is 0 Å². The van der Waals surface area contributed by atoms with Gasteiger partial charge in [0.15, 0.2) is 0 Å². The highest BCUT2D eigenvalue weighted by Crippen LogP contribution is 2.22. The summed E-state index contributed by atoms with van der Waals surface area (Å²) in [6.45, 7) is 6.68. The fourth-order valence-corrected chi connectivity index (χ4v) is 2.33. The molecule has 0 amide bonds. The van der Waals surface area contributed by atoms with Crippen molar-refractivity contribution in [1.82, 2.24) is 0 Å². The third-order valence-corrected chi connectivity index (χ3v) is 3.59. The summed E-state index contributed by atoms with van der Waals surface area (Å²) in [5.74, 6) is 0. The molecule has 1 unspecified atom stereocenters. The number of halogens is 1. The lowest BCUT2D eigenvalue weighted by atomic mass is 10.1. The van der Waals surface area contributed by atoms with Crippen molar-refractivity contribution >= 4 is 21.6 Å². The Morgan fingerprint density at radius 1 is 1.24 bits per heavy atom. The van der Waals surface area contributed by atoms with Gasteiger partial charge in [0.1, 0.15) is 0 Å². The fourth-order valence-electron chi connectivity index (χ4n) is 1.96. The summed E-state index contributed by atoms with van der Waals surface area (Å²) in [7, 11) is 0. The largest absolute Gasteiger partial charge is 0.382 e. The van der Waals surface area contributed by atoms with Crippen molar-refractivity contribution in [2.45, 2.75) is 58.9 Å². The van der Waals surface area contributed by atoms with Crippen LogP contribution in [0.4, 0.5) is 5.69 Å². The second kappa shape index (κ2) is 7.75. The summed E-state index contributed by atoms with van der Waals surface area (Å²) in [4.78, 5) is 0. The summed E-state index contributed by atoms with van der Waals surface area (Å²) in [6.07, 6.45) is 6.62. The first-order chi connectivity index (χ1) is 8.13. The Hall–Kier alpha value is -0.500. The molecule has 0 aliphatic heterocycles. The minimum Gasteiger partial charge on any atom is -0.382 e. The van der Waals surface area contributed by atoms with Crippen LogP contribution in [0.5, 0.6) is 0 Å². The number of hydrogen-bond donors (Lipinski definition) is 1. The zero-order chi connectivity index (χ0) is 12.7. The minimum absolute atomic E-state index is 0.555. The molecule has 1 aromatic carbocycles. The van der Waals surface area contributed by atoms with Gasteiger partial charge in [0.2, 0.25) is 0 Å². The van der Waals surface area contributed by atoms with Crippen LogP contribution in [0.15, 0.2) is 22.7 Å². The van der Waals surface area contributed by atoms with Gasteiger partial charge >= 0.3 is 0 Å².